The lowest BCUT2D eigenvalue weighted by molar-refractivity contribution is -0.896. The minimum Gasteiger partial charge on any atom is -1.00 e. The van der Waals surface area contributed by atoms with Crippen molar-refractivity contribution in [2.75, 3.05) is 26.2 Å². The van der Waals surface area contributed by atoms with Gasteiger partial charge in [0.05, 0.1) is 32.3 Å². The smallest absolute Gasteiger partial charge is 0.0810 e. The van der Waals surface area contributed by atoms with Gasteiger partial charge in [0, 0.05) is 0 Å². The van der Waals surface area contributed by atoms with E-state index >= 15 is 0 Å². The van der Waals surface area contributed by atoms with Crippen LogP contribution in [-0.2, 0) is 4.74 Å². The summed E-state index contributed by atoms with van der Waals surface area (Å²) in [6.07, 6.45) is 20.9. The predicted molar refractivity (Wildman–Crippen MR) is 101 cm³/mol. The minimum atomic E-state index is 0. The van der Waals surface area contributed by atoms with Crippen molar-refractivity contribution in [3.63, 3.8) is 0 Å². The Balaban J connectivity index is 0.00000529. The molecule has 2 nitrogen and oxygen atoms in total. The number of rotatable bonds is 18. The zero-order valence-corrected chi connectivity index (χ0v) is 17.3. The molecule has 1 aliphatic rings. The Morgan fingerprint density at radius 2 is 1.04 bits per heavy atom. The molecule has 0 aromatic rings. The molecule has 1 N–H and O–H groups in total. The summed E-state index contributed by atoms with van der Waals surface area (Å²) in [6.45, 7) is 9.64. The van der Waals surface area contributed by atoms with Crippen LogP contribution in [0.5, 0.6) is 0 Å². The Morgan fingerprint density at radius 1 is 0.667 bits per heavy atom. The van der Waals surface area contributed by atoms with Crippen molar-refractivity contribution >= 4 is 0 Å². The second kappa shape index (κ2) is 18.0. The molecule has 3 heteroatoms. The van der Waals surface area contributed by atoms with Gasteiger partial charge in [0.1, 0.15) is 0 Å². The molecule has 0 saturated carbocycles. The molecule has 0 amide bonds. The topological polar surface area (TPSA) is 17.0 Å². The molecule has 0 spiro atoms. The van der Waals surface area contributed by atoms with Crippen molar-refractivity contribution in [3.8, 4) is 0 Å². The molecule has 1 aliphatic heterocycles. The molecule has 1 saturated heterocycles. The van der Waals surface area contributed by atoms with E-state index in [1.54, 1.807) is 4.90 Å². The van der Waals surface area contributed by atoms with E-state index < -0.39 is 0 Å². The highest BCUT2D eigenvalue weighted by molar-refractivity contribution is 4.68. The number of ether oxygens (including phenoxy) is 1. The Morgan fingerprint density at radius 3 is 1.42 bits per heavy atom. The van der Waals surface area contributed by atoms with E-state index in [1.807, 2.05) is 0 Å². The second-order valence-corrected chi connectivity index (χ2v) is 7.55. The maximum Gasteiger partial charge on any atom is 0.0810 e. The van der Waals surface area contributed by atoms with Crippen LogP contribution in [0.2, 0.25) is 0 Å². The standard InChI is InChI=1S/C21H43NO.ClH/c1-3-22(4-2)19-17-15-13-11-9-7-5-6-8-10-12-14-16-18-21-20-23-21;/h21H,3-20H2,1-2H3;1H. The summed E-state index contributed by atoms with van der Waals surface area (Å²) >= 11 is 0. The first-order chi connectivity index (χ1) is 11.4. The molecule has 0 aromatic heterocycles. The molecule has 0 radical (unpaired) electrons. The van der Waals surface area contributed by atoms with Gasteiger partial charge in [-0.15, -0.1) is 0 Å². The van der Waals surface area contributed by atoms with E-state index in [0.717, 1.165) is 6.61 Å². The van der Waals surface area contributed by atoms with Gasteiger partial charge < -0.3 is 22.0 Å². The first-order valence-electron chi connectivity index (χ1n) is 10.8. The molecule has 24 heavy (non-hydrogen) atoms. The van der Waals surface area contributed by atoms with Crippen molar-refractivity contribution in [3.05, 3.63) is 0 Å². The molecule has 0 aromatic carbocycles. The Kier molecular flexibility index (Phi) is 18.2. The molecular formula is C21H44ClNO. The lowest BCUT2D eigenvalue weighted by Gasteiger charge is -2.14. The zero-order valence-electron chi connectivity index (χ0n) is 16.6. The summed E-state index contributed by atoms with van der Waals surface area (Å²) < 4.78 is 5.24. The third-order valence-corrected chi connectivity index (χ3v) is 5.46. The second-order valence-electron chi connectivity index (χ2n) is 7.55. The van der Waals surface area contributed by atoms with Crippen LogP contribution in [0.25, 0.3) is 0 Å². The van der Waals surface area contributed by atoms with E-state index in [4.69, 9.17) is 4.74 Å². The molecule has 1 rings (SSSR count). The van der Waals surface area contributed by atoms with Crippen LogP contribution in [-0.4, -0.2) is 32.3 Å². The number of unbranched alkanes of at least 4 members (excludes halogenated alkanes) is 12. The van der Waals surface area contributed by atoms with Gasteiger partial charge >= 0.3 is 0 Å². The van der Waals surface area contributed by atoms with Gasteiger partial charge in [0.25, 0.3) is 0 Å². The number of hydrogen-bond acceptors (Lipinski definition) is 1. The average Bonchev–Trinajstić information content (AvgIpc) is 3.39. The van der Waals surface area contributed by atoms with Crippen LogP contribution >= 0.6 is 0 Å². The average molecular weight is 362 g/mol. The third-order valence-electron chi connectivity index (χ3n) is 5.46. The van der Waals surface area contributed by atoms with E-state index in [0.29, 0.717) is 6.10 Å². The predicted octanol–water partition coefficient (Wildman–Crippen LogP) is 1.78. The van der Waals surface area contributed by atoms with Crippen LogP contribution in [0.1, 0.15) is 104 Å². The highest BCUT2D eigenvalue weighted by atomic mass is 35.5. The fourth-order valence-corrected chi connectivity index (χ4v) is 3.53. The van der Waals surface area contributed by atoms with Gasteiger partial charge in [-0.05, 0) is 33.1 Å². The maximum atomic E-state index is 5.24. The minimum absolute atomic E-state index is 0. The number of hydrogen-bond donors (Lipinski definition) is 1. The maximum absolute atomic E-state index is 5.24. The third kappa shape index (κ3) is 15.7. The fourth-order valence-electron chi connectivity index (χ4n) is 3.53. The van der Waals surface area contributed by atoms with Gasteiger partial charge in [0.2, 0.25) is 0 Å². The molecule has 1 fully saturated rings. The van der Waals surface area contributed by atoms with Crippen LogP contribution < -0.4 is 17.3 Å². The Labute approximate surface area is 158 Å². The normalized spacial score (nSPS) is 16.4. The Bertz CT molecular complexity index is 242. The van der Waals surface area contributed by atoms with Crippen molar-refractivity contribution in [2.45, 2.75) is 110 Å². The van der Waals surface area contributed by atoms with Crippen molar-refractivity contribution in [1.29, 1.82) is 0 Å². The number of halogens is 1. The van der Waals surface area contributed by atoms with Gasteiger partial charge in [-0.2, -0.15) is 0 Å². The van der Waals surface area contributed by atoms with Crippen molar-refractivity contribution < 1.29 is 22.0 Å². The molecular weight excluding hydrogens is 318 g/mol. The first-order valence-corrected chi connectivity index (χ1v) is 10.8. The molecule has 1 atom stereocenters. The van der Waals surface area contributed by atoms with E-state index in [1.165, 1.54) is 110 Å². The summed E-state index contributed by atoms with van der Waals surface area (Å²) in [4.78, 5) is 1.77. The van der Waals surface area contributed by atoms with Crippen LogP contribution in [0.4, 0.5) is 0 Å². The van der Waals surface area contributed by atoms with Crippen LogP contribution in [0.15, 0.2) is 0 Å². The molecule has 146 valence electrons. The van der Waals surface area contributed by atoms with Crippen molar-refractivity contribution in [2.24, 2.45) is 0 Å². The SMILES string of the molecule is CC[NH+](CC)CCCCCCCCCCCCCCCC1CO1.[Cl-]. The van der Waals surface area contributed by atoms with E-state index in [2.05, 4.69) is 13.8 Å². The summed E-state index contributed by atoms with van der Waals surface area (Å²) in [7, 11) is 0. The summed E-state index contributed by atoms with van der Waals surface area (Å²) in [5.41, 5.74) is 0. The van der Waals surface area contributed by atoms with E-state index in [9.17, 15) is 0 Å². The number of epoxide rings is 1. The van der Waals surface area contributed by atoms with Crippen LogP contribution in [0.3, 0.4) is 0 Å². The van der Waals surface area contributed by atoms with Gasteiger partial charge in [-0.1, -0.05) is 70.6 Å². The molecule has 1 heterocycles. The first kappa shape index (κ1) is 24.2. The Hall–Kier alpha value is 0.210. The van der Waals surface area contributed by atoms with Crippen molar-refractivity contribution in [1.82, 2.24) is 0 Å². The molecule has 1 unspecified atom stereocenters. The molecule has 0 aliphatic carbocycles. The monoisotopic (exact) mass is 361 g/mol. The van der Waals surface area contributed by atoms with E-state index in [-0.39, 0.29) is 12.4 Å². The number of quaternary nitrogens is 1. The highest BCUT2D eigenvalue weighted by Crippen LogP contribution is 2.18. The largest absolute Gasteiger partial charge is 1.00 e. The summed E-state index contributed by atoms with van der Waals surface area (Å²) in [5, 5.41) is 0. The lowest BCUT2D eigenvalue weighted by Crippen LogP contribution is -3.11. The zero-order chi connectivity index (χ0) is 16.6. The fraction of sp³-hybridized carbons (Fsp3) is 1.00. The van der Waals surface area contributed by atoms with Gasteiger partial charge in [-0.3, -0.25) is 0 Å². The summed E-state index contributed by atoms with van der Waals surface area (Å²) in [6, 6.07) is 0. The van der Waals surface area contributed by atoms with Crippen LogP contribution in [0, 0.1) is 0 Å². The summed E-state index contributed by atoms with van der Waals surface area (Å²) in [5.74, 6) is 0. The number of nitrogens with one attached hydrogen (secondary N) is 1. The highest BCUT2D eigenvalue weighted by Gasteiger charge is 2.20. The van der Waals surface area contributed by atoms with Gasteiger partial charge in [0.15, 0.2) is 0 Å². The van der Waals surface area contributed by atoms with Gasteiger partial charge in [-0.25, -0.2) is 0 Å². The quantitative estimate of drug-likeness (QED) is 0.291. The lowest BCUT2D eigenvalue weighted by atomic mass is 10.0. The molecule has 0 bridgehead atoms.